The minimum Gasteiger partial charge on any atom is -0.455 e. The maximum atomic E-state index is 6.18. The zero-order valence-corrected chi connectivity index (χ0v) is 16.6. The van der Waals surface area contributed by atoms with Crippen molar-refractivity contribution in [2.45, 2.75) is 0 Å². The fraction of sp³-hybridized carbons (Fsp3) is 0. The molecule has 8 bridgehead atoms. The van der Waals surface area contributed by atoms with Crippen LogP contribution in [-0.4, -0.2) is 19.9 Å². The first kappa shape index (κ1) is 17.5. The van der Waals surface area contributed by atoms with E-state index in [0.717, 1.165) is 55.7 Å². The Balaban J connectivity index is 1.56. The lowest BCUT2D eigenvalue weighted by Crippen LogP contribution is -2.10. The van der Waals surface area contributed by atoms with Gasteiger partial charge in [0.15, 0.2) is 5.75 Å². The highest BCUT2D eigenvalue weighted by Gasteiger charge is 2.08. The highest BCUT2D eigenvalue weighted by Crippen LogP contribution is 2.27. The van der Waals surface area contributed by atoms with E-state index in [1.54, 1.807) is 0 Å². The Hall–Kier alpha value is -4.38. The van der Waals surface area contributed by atoms with Gasteiger partial charge in [-0.1, -0.05) is 18.2 Å². The molecule has 4 N–H and O–H groups in total. The van der Waals surface area contributed by atoms with Gasteiger partial charge in [0, 0.05) is 44.5 Å². The lowest BCUT2D eigenvalue weighted by Gasteiger charge is -2.03. The molecule has 1 aromatic carbocycles. The number of rotatable bonds is 2. The van der Waals surface area contributed by atoms with E-state index in [1.165, 1.54) is 0 Å². The van der Waals surface area contributed by atoms with Crippen molar-refractivity contribution in [2.24, 2.45) is 0 Å². The fourth-order valence-electron chi connectivity index (χ4n) is 3.81. The van der Waals surface area contributed by atoms with Gasteiger partial charge >= 0.3 is 0 Å². The van der Waals surface area contributed by atoms with Crippen LogP contribution in [0.2, 0.25) is 0 Å². The molecule has 5 nitrogen and oxygen atoms in total. The normalized spacial score (nSPS) is 12.3. The van der Waals surface area contributed by atoms with Crippen LogP contribution in [0.4, 0.5) is 0 Å². The summed E-state index contributed by atoms with van der Waals surface area (Å²) in [6, 6.07) is 24.3. The first-order valence-electron chi connectivity index (χ1n) is 10.2. The van der Waals surface area contributed by atoms with Gasteiger partial charge in [-0.05, 0) is 72.8 Å². The van der Waals surface area contributed by atoms with Crippen molar-refractivity contribution in [1.29, 1.82) is 0 Å². The monoisotopic (exact) mass is 404 g/mol. The van der Waals surface area contributed by atoms with E-state index in [1.807, 2.05) is 36.4 Å². The molecular formula is C26H20N4O. The predicted molar refractivity (Wildman–Crippen MR) is 122 cm³/mol. The standard InChI is InChI=1S/C26H20N4O/c1-2-4-24(5-3-1)31-26-16-23-14-21-9-8-19(28-21)12-17-6-7-18(27-17)13-20-10-11-22(29-20)15-25(26)30-23/h1-16,27-30H. The number of nitrogens with one attached hydrogen (secondary N) is 4. The Bertz CT molecular complexity index is 1610. The summed E-state index contributed by atoms with van der Waals surface area (Å²) >= 11 is 0. The molecule has 0 aliphatic carbocycles. The summed E-state index contributed by atoms with van der Waals surface area (Å²) in [5.74, 6) is 1.57. The van der Waals surface area contributed by atoms with Crippen LogP contribution in [0.25, 0.3) is 24.3 Å². The highest BCUT2D eigenvalue weighted by molar-refractivity contribution is 5.61. The molecule has 0 amide bonds. The molecule has 0 radical (unpaired) electrons. The van der Waals surface area contributed by atoms with Crippen molar-refractivity contribution in [3.8, 4) is 11.5 Å². The SMILES string of the molecule is C1=c2ccc([nH]2)=Cc2cc(Oc3ccccc3)c([nH]2)C=c2ccc([nH]2)=Cc2ccc1[nH]2. The van der Waals surface area contributed by atoms with Gasteiger partial charge in [0.05, 0.1) is 5.69 Å². The number of aromatic amines is 4. The van der Waals surface area contributed by atoms with Crippen molar-refractivity contribution in [3.63, 3.8) is 0 Å². The minimum atomic E-state index is 0.772. The molecule has 1 aliphatic heterocycles. The smallest absolute Gasteiger partial charge is 0.153 e. The average Bonchev–Trinajstić information content (AvgIpc) is 3.55. The van der Waals surface area contributed by atoms with E-state index >= 15 is 0 Å². The molecule has 0 spiro atoms. The molecule has 150 valence electrons. The second kappa shape index (κ2) is 7.15. The summed E-state index contributed by atoms with van der Waals surface area (Å²) in [7, 11) is 0. The number of hydrogen-bond donors (Lipinski definition) is 4. The van der Waals surface area contributed by atoms with E-state index in [9.17, 15) is 0 Å². The summed E-state index contributed by atoms with van der Waals surface area (Å²) in [4.78, 5) is 13.8. The summed E-state index contributed by atoms with van der Waals surface area (Å²) in [5.41, 5.74) is 3.94. The zero-order valence-electron chi connectivity index (χ0n) is 16.6. The van der Waals surface area contributed by atoms with Crippen molar-refractivity contribution in [3.05, 3.63) is 117 Å². The predicted octanol–water partition coefficient (Wildman–Crippen LogP) is 2.42. The molecule has 0 atom stereocenters. The number of fused-ring (bicyclic) bond motifs is 8. The van der Waals surface area contributed by atoms with Gasteiger partial charge in [-0.3, -0.25) is 0 Å². The Morgan fingerprint density at radius 3 is 1.71 bits per heavy atom. The summed E-state index contributed by atoms with van der Waals surface area (Å²) in [6.45, 7) is 0. The molecule has 0 saturated heterocycles. The molecule has 0 unspecified atom stereocenters. The van der Waals surface area contributed by atoms with Crippen molar-refractivity contribution in [1.82, 2.24) is 19.9 Å². The first-order chi connectivity index (χ1) is 15.3. The van der Waals surface area contributed by atoms with E-state index in [4.69, 9.17) is 4.74 Å². The van der Waals surface area contributed by atoms with Crippen LogP contribution in [0.15, 0.2) is 72.8 Å². The third kappa shape index (κ3) is 3.65. The summed E-state index contributed by atoms with van der Waals surface area (Å²) < 4.78 is 6.18. The number of H-pyrrole nitrogens is 4. The molecule has 0 fully saturated rings. The summed E-state index contributed by atoms with van der Waals surface area (Å²) in [5, 5.41) is 4.06. The van der Waals surface area contributed by atoms with Crippen LogP contribution in [0.5, 0.6) is 11.5 Å². The maximum Gasteiger partial charge on any atom is 0.153 e. The quantitative estimate of drug-likeness (QED) is 0.352. The molecule has 5 aromatic rings. The largest absolute Gasteiger partial charge is 0.455 e. The first-order valence-corrected chi connectivity index (χ1v) is 10.2. The lowest BCUT2D eigenvalue weighted by atomic mass is 10.3. The number of aromatic nitrogens is 4. The average molecular weight is 404 g/mol. The minimum absolute atomic E-state index is 0.772. The van der Waals surface area contributed by atoms with E-state index in [0.29, 0.717) is 0 Å². The molecule has 4 aromatic heterocycles. The fourth-order valence-corrected chi connectivity index (χ4v) is 3.81. The Morgan fingerprint density at radius 2 is 1.06 bits per heavy atom. The van der Waals surface area contributed by atoms with Gasteiger partial charge in [-0.15, -0.1) is 0 Å². The Labute approximate surface area is 177 Å². The second-order valence-corrected chi connectivity index (χ2v) is 7.60. The second-order valence-electron chi connectivity index (χ2n) is 7.60. The Morgan fingerprint density at radius 1 is 0.484 bits per heavy atom. The van der Waals surface area contributed by atoms with Crippen LogP contribution in [0, 0.1) is 0 Å². The van der Waals surface area contributed by atoms with Gasteiger partial charge in [-0.25, -0.2) is 0 Å². The Kier molecular flexibility index (Phi) is 4.03. The third-order valence-corrected chi connectivity index (χ3v) is 5.23. The molecule has 6 rings (SSSR count). The van der Waals surface area contributed by atoms with Crippen molar-refractivity contribution in [2.75, 3.05) is 0 Å². The van der Waals surface area contributed by atoms with Crippen molar-refractivity contribution < 1.29 is 4.74 Å². The van der Waals surface area contributed by atoms with Crippen LogP contribution in [-0.2, 0) is 0 Å². The van der Waals surface area contributed by atoms with Crippen LogP contribution in [0.1, 0.15) is 22.8 Å². The topological polar surface area (TPSA) is 72.4 Å². The molecule has 5 heterocycles. The van der Waals surface area contributed by atoms with Crippen molar-refractivity contribution >= 4 is 24.3 Å². The third-order valence-electron chi connectivity index (χ3n) is 5.23. The zero-order chi connectivity index (χ0) is 20.6. The lowest BCUT2D eigenvalue weighted by molar-refractivity contribution is 0.482. The van der Waals surface area contributed by atoms with E-state index in [2.05, 4.69) is 80.6 Å². The van der Waals surface area contributed by atoms with Gasteiger partial charge in [0.2, 0.25) is 0 Å². The highest BCUT2D eigenvalue weighted by atomic mass is 16.5. The van der Waals surface area contributed by atoms with Gasteiger partial charge in [-0.2, -0.15) is 0 Å². The molecule has 0 saturated carbocycles. The number of benzene rings is 1. The number of ether oxygens (including phenoxy) is 1. The summed E-state index contributed by atoms with van der Waals surface area (Å²) in [6.07, 6.45) is 8.33. The van der Waals surface area contributed by atoms with Crippen LogP contribution in [0.3, 0.4) is 0 Å². The van der Waals surface area contributed by atoms with Gasteiger partial charge < -0.3 is 24.7 Å². The number of hydrogen-bond acceptors (Lipinski definition) is 1. The van der Waals surface area contributed by atoms with Crippen LogP contribution >= 0.6 is 0 Å². The molecule has 5 heteroatoms. The maximum absolute atomic E-state index is 6.18. The van der Waals surface area contributed by atoms with E-state index in [-0.39, 0.29) is 0 Å². The van der Waals surface area contributed by atoms with Gasteiger partial charge in [0.1, 0.15) is 5.75 Å². The molecule has 31 heavy (non-hydrogen) atoms. The molecule has 1 aliphatic rings. The van der Waals surface area contributed by atoms with Gasteiger partial charge in [0.25, 0.3) is 0 Å². The number of para-hydroxylation sites is 1. The van der Waals surface area contributed by atoms with E-state index < -0.39 is 0 Å². The van der Waals surface area contributed by atoms with Crippen LogP contribution < -0.4 is 26.1 Å². The molecular weight excluding hydrogens is 384 g/mol.